The molecule has 3 N–H and O–H groups in total. The quantitative estimate of drug-likeness (QED) is 0.265. The van der Waals surface area contributed by atoms with Crippen molar-refractivity contribution in [3.8, 4) is 11.1 Å². The second-order valence-electron chi connectivity index (χ2n) is 8.95. The number of carbonyl (C=O) groups excluding carboxylic acids is 3. The molecule has 38 heavy (non-hydrogen) atoms. The van der Waals surface area contributed by atoms with Crippen LogP contribution < -0.4 is 11.1 Å². The molecule has 10 heteroatoms. The average Bonchev–Trinajstić information content (AvgIpc) is 2.86. The largest absolute Gasteiger partial charge is 0.370 e. The minimum atomic E-state index is -3.87. The van der Waals surface area contributed by atoms with Crippen molar-refractivity contribution in [2.24, 2.45) is 11.7 Å². The maximum absolute atomic E-state index is 14.3. The van der Waals surface area contributed by atoms with Crippen molar-refractivity contribution in [2.45, 2.75) is 31.1 Å². The molecule has 3 rings (SSSR count). The fraction of sp³-hybridized carbons (Fsp3) is 0.250. The van der Waals surface area contributed by atoms with Crippen LogP contribution in [0.25, 0.3) is 11.1 Å². The highest BCUT2D eigenvalue weighted by molar-refractivity contribution is 7.91. The molecule has 2 amide bonds. The monoisotopic (exact) mass is 542 g/mol. The van der Waals surface area contributed by atoms with Gasteiger partial charge in [-0.2, -0.15) is 0 Å². The fourth-order valence-electron chi connectivity index (χ4n) is 3.92. The molecule has 0 spiro atoms. The standard InChI is InChI=1S/C28H28F2N2O5S/c1-18-8-11-21(12-9-18)38(36,37)17-20(16-27(31)34)28(35)32-14-4-7-26(33)23-15-19(10-13-25(23)30)22-5-2-3-6-24(22)29/h2-3,5-6,8-13,15,20H,4,7,14,16-17H2,1H3,(H2,31,34)(H,32,35)/t20-/m1/s1. The molecule has 0 saturated carbocycles. The Balaban J connectivity index is 1.60. The van der Waals surface area contributed by atoms with Gasteiger partial charge in [-0.05, 0) is 49.2 Å². The van der Waals surface area contributed by atoms with Crippen LogP contribution in [0.5, 0.6) is 0 Å². The molecule has 0 aliphatic heterocycles. The molecule has 200 valence electrons. The minimum absolute atomic E-state index is 0.0148. The van der Waals surface area contributed by atoms with E-state index in [1.54, 1.807) is 25.1 Å². The molecular weight excluding hydrogens is 514 g/mol. The number of hydrogen-bond donors (Lipinski definition) is 2. The Morgan fingerprint density at radius 3 is 2.29 bits per heavy atom. The van der Waals surface area contributed by atoms with E-state index in [9.17, 15) is 31.6 Å². The predicted octanol–water partition coefficient (Wildman–Crippen LogP) is 3.98. The number of hydrogen-bond acceptors (Lipinski definition) is 5. The third-order valence-corrected chi connectivity index (χ3v) is 7.78. The van der Waals surface area contributed by atoms with Crippen LogP contribution in [-0.4, -0.2) is 38.3 Å². The molecular formula is C28H28F2N2O5S. The van der Waals surface area contributed by atoms with Crippen LogP contribution in [0.2, 0.25) is 0 Å². The molecule has 3 aromatic carbocycles. The Kier molecular flexibility index (Phi) is 9.46. The molecule has 0 saturated heterocycles. The summed E-state index contributed by atoms with van der Waals surface area (Å²) in [4.78, 5) is 36.8. The number of halogens is 2. The second kappa shape index (κ2) is 12.6. The highest BCUT2D eigenvalue weighted by Crippen LogP contribution is 2.25. The number of nitrogens with one attached hydrogen (secondary N) is 1. The number of aryl methyl sites for hydroxylation is 1. The van der Waals surface area contributed by atoms with E-state index in [4.69, 9.17) is 5.73 Å². The third-order valence-electron chi connectivity index (χ3n) is 5.95. The molecule has 0 aliphatic carbocycles. The normalized spacial score (nSPS) is 12.1. The van der Waals surface area contributed by atoms with Crippen molar-refractivity contribution in [2.75, 3.05) is 12.3 Å². The maximum atomic E-state index is 14.3. The third kappa shape index (κ3) is 7.55. The predicted molar refractivity (Wildman–Crippen MR) is 139 cm³/mol. The minimum Gasteiger partial charge on any atom is -0.370 e. The first-order chi connectivity index (χ1) is 18.0. The Bertz CT molecular complexity index is 1440. The zero-order valence-corrected chi connectivity index (χ0v) is 21.6. The van der Waals surface area contributed by atoms with Crippen LogP contribution >= 0.6 is 0 Å². The van der Waals surface area contributed by atoms with Gasteiger partial charge in [-0.3, -0.25) is 14.4 Å². The van der Waals surface area contributed by atoms with Crippen LogP contribution in [0.4, 0.5) is 8.78 Å². The van der Waals surface area contributed by atoms with Crippen LogP contribution in [0.3, 0.4) is 0 Å². The fourth-order valence-corrected chi connectivity index (χ4v) is 5.46. The first-order valence-corrected chi connectivity index (χ1v) is 13.6. The summed E-state index contributed by atoms with van der Waals surface area (Å²) in [5.41, 5.74) is 6.47. The highest BCUT2D eigenvalue weighted by atomic mass is 32.2. The lowest BCUT2D eigenvalue weighted by molar-refractivity contribution is -0.128. The maximum Gasteiger partial charge on any atom is 0.224 e. The first kappa shape index (κ1) is 28.6. The molecule has 0 radical (unpaired) electrons. The van der Waals surface area contributed by atoms with E-state index in [1.807, 2.05) is 0 Å². The number of benzene rings is 3. The van der Waals surface area contributed by atoms with Gasteiger partial charge in [0.2, 0.25) is 11.8 Å². The zero-order valence-electron chi connectivity index (χ0n) is 20.7. The van der Waals surface area contributed by atoms with Crippen molar-refractivity contribution >= 4 is 27.4 Å². The summed E-state index contributed by atoms with van der Waals surface area (Å²) in [6.07, 6.45) is -0.466. The summed E-state index contributed by atoms with van der Waals surface area (Å²) in [6, 6.07) is 15.8. The van der Waals surface area contributed by atoms with Crippen LogP contribution in [-0.2, 0) is 19.4 Å². The van der Waals surface area contributed by atoms with Gasteiger partial charge in [-0.15, -0.1) is 0 Å². The zero-order chi connectivity index (χ0) is 27.9. The smallest absolute Gasteiger partial charge is 0.224 e. The van der Waals surface area contributed by atoms with E-state index in [0.717, 1.165) is 11.6 Å². The van der Waals surface area contributed by atoms with E-state index in [1.165, 1.54) is 42.5 Å². The van der Waals surface area contributed by atoms with Crippen molar-refractivity contribution in [1.82, 2.24) is 5.32 Å². The van der Waals surface area contributed by atoms with E-state index in [-0.39, 0.29) is 35.4 Å². The van der Waals surface area contributed by atoms with Crippen LogP contribution in [0.1, 0.15) is 35.2 Å². The van der Waals surface area contributed by atoms with E-state index >= 15 is 0 Å². The Hall–Kier alpha value is -3.92. The number of carbonyl (C=O) groups is 3. The van der Waals surface area contributed by atoms with Gasteiger partial charge in [0.25, 0.3) is 0 Å². The van der Waals surface area contributed by atoms with E-state index < -0.39 is 57.2 Å². The Morgan fingerprint density at radius 2 is 1.63 bits per heavy atom. The van der Waals surface area contributed by atoms with Crippen LogP contribution in [0, 0.1) is 24.5 Å². The molecule has 0 heterocycles. The van der Waals surface area contributed by atoms with Gasteiger partial charge in [0.1, 0.15) is 11.6 Å². The second-order valence-corrected chi connectivity index (χ2v) is 11.0. The van der Waals surface area contributed by atoms with Gasteiger partial charge in [0, 0.05) is 24.9 Å². The summed E-state index contributed by atoms with van der Waals surface area (Å²) < 4.78 is 54.0. The Labute approximate surface area is 220 Å². The first-order valence-electron chi connectivity index (χ1n) is 11.9. The average molecular weight is 543 g/mol. The number of amides is 2. The van der Waals surface area contributed by atoms with E-state index in [2.05, 4.69) is 5.32 Å². The number of sulfone groups is 1. The number of ketones is 1. The molecule has 0 fully saturated rings. The van der Waals surface area contributed by atoms with Gasteiger partial charge in [0.15, 0.2) is 15.6 Å². The number of nitrogens with two attached hydrogens (primary N) is 1. The van der Waals surface area contributed by atoms with Gasteiger partial charge in [-0.25, -0.2) is 17.2 Å². The lowest BCUT2D eigenvalue weighted by atomic mass is 9.98. The lowest BCUT2D eigenvalue weighted by Gasteiger charge is -2.16. The van der Waals surface area contributed by atoms with Gasteiger partial charge in [0.05, 0.1) is 22.1 Å². The number of Topliss-reactive ketones (excluding diaryl/α,β-unsaturated/α-hetero) is 1. The van der Waals surface area contributed by atoms with Crippen molar-refractivity contribution in [3.05, 3.63) is 89.5 Å². The Morgan fingerprint density at radius 1 is 0.947 bits per heavy atom. The van der Waals surface area contributed by atoms with Gasteiger partial charge < -0.3 is 11.1 Å². The summed E-state index contributed by atoms with van der Waals surface area (Å²) in [5.74, 6) is -5.14. The molecule has 0 aliphatic rings. The topological polar surface area (TPSA) is 123 Å². The number of primary amides is 1. The highest BCUT2D eigenvalue weighted by Gasteiger charge is 2.28. The van der Waals surface area contributed by atoms with E-state index in [0.29, 0.717) is 5.56 Å². The summed E-state index contributed by atoms with van der Waals surface area (Å²) >= 11 is 0. The summed E-state index contributed by atoms with van der Waals surface area (Å²) in [5, 5.41) is 2.53. The van der Waals surface area contributed by atoms with Gasteiger partial charge in [-0.1, -0.05) is 42.0 Å². The molecule has 0 bridgehead atoms. The van der Waals surface area contributed by atoms with Crippen molar-refractivity contribution < 1.29 is 31.6 Å². The molecule has 0 unspecified atom stereocenters. The SMILES string of the molecule is Cc1ccc(S(=O)(=O)C[C@@H](CC(N)=O)C(=O)NCCCC(=O)c2cc(-c3ccccc3F)ccc2F)cc1. The van der Waals surface area contributed by atoms with Crippen molar-refractivity contribution in [3.63, 3.8) is 0 Å². The number of rotatable bonds is 12. The molecule has 0 aromatic heterocycles. The lowest BCUT2D eigenvalue weighted by Crippen LogP contribution is -2.37. The van der Waals surface area contributed by atoms with Crippen LogP contribution in [0.15, 0.2) is 71.6 Å². The molecule has 3 aromatic rings. The molecule has 1 atom stereocenters. The van der Waals surface area contributed by atoms with Gasteiger partial charge >= 0.3 is 0 Å². The van der Waals surface area contributed by atoms with Crippen molar-refractivity contribution in [1.29, 1.82) is 0 Å². The summed E-state index contributed by atoms with van der Waals surface area (Å²) in [7, 11) is -3.87. The molecule has 7 nitrogen and oxygen atoms in total. The summed E-state index contributed by atoms with van der Waals surface area (Å²) in [6.45, 7) is 1.79.